The van der Waals surface area contributed by atoms with Gasteiger partial charge in [-0.2, -0.15) is 0 Å². The number of likely N-dealkylation sites (tertiary alicyclic amines) is 1. The van der Waals surface area contributed by atoms with E-state index in [0.717, 1.165) is 25.3 Å². The average Bonchev–Trinajstić information content (AvgIpc) is 2.26. The van der Waals surface area contributed by atoms with E-state index >= 15 is 0 Å². The summed E-state index contributed by atoms with van der Waals surface area (Å²) in [5.41, 5.74) is 0. The molecule has 5 nitrogen and oxygen atoms in total. The Morgan fingerprint density at radius 3 is 2.13 bits per heavy atom. The van der Waals surface area contributed by atoms with Crippen LogP contribution in [0.3, 0.4) is 0 Å². The second-order valence-corrected chi connectivity index (χ2v) is 3.39. The lowest BCUT2D eigenvalue weighted by atomic mass is 10.1. The lowest BCUT2D eigenvalue weighted by Crippen LogP contribution is -2.39. The summed E-state index contributed by atoms with van der Waals surface area (Å²) in [6.45, 7) is 1.18. The van der Waals surface area contributed by atoms with Crippen LogP contribution in [-0.2, 0) is 14.4 Å². The largest absolute Gasteiger partial charge is 0.478 e. The Labute approximate surface area is 87.4 Å². The second kappa shape index (κ2) is 5.29. The first kappa shape index (κ1) is 11.4. The van der Waals surface area contributed by atoms with Crippen LogP contribution in [0.1, 0.15) is 19.3 Å². The Balaban J connectivity index is 2.51. The molecule has 0 bridgehead atoms. The molecule has 1 fully saturated rings. The average molecular weight is 211 g/mol. The summed E-state index contributed by atoms with van der Waals surface area (Å²) in [5.74, 6) is -2.60. The highest BCUT2D eigenvalue weighted by Crippen LogP contribution is 2.08. The van der Waals surface area contributed by atoms with Crippen LogP contribution in [0, 0.1) is 0 Å². The zero-order valence-corrected chi connectivity index (χ0v) is 8.31. The minimum atomic E-state index is -1.23. The normalized spacial score (nSPS) is 16.7. The third-order valence-electron chi connectivity index (χ3n) is 2.23. The Hall–Kier alpha value is -1.65. The van der Waals surface area contributed by atoms with Gasteiger partial charge in [0.25, 0.3) is 5.91 Å². The zero-order chi connectivity index (χ0) is 11.3. The fourth-order valence-corrected chi connectivity index (χ4v) is 1.47. The van der Waals surface area contributed by atoms with Crippen molar-refractivity contribution in [2.75, 3.05) is 13.1 Å². The van der Waals surface area contributed by atoms with Gasteiger partial charge >= 0.3 is 5.97 Å². The number of hydrogen-bond donors (Lipinski definition) is 1. The highest BCUT2D eigenvalue weighted by Gasteiger charge is 2.21. The van der Waals surface area contributed by atoms with Gasteiger partial charge in [0.1, 0.15) is 0 Å². The molecule has 0 aromatic heterocycles. The van der Waals surface area contributed by atoms with Gasteiger partial charge in [0.15, 0.2) is 0 Å². The molecule has 0 atom stereocenters. The molecule has 0 aromatic carbocycles. The SMILES string of the molecule is O=C(O)/C=C/C(=O)C(=O)N1CCCCC1. The second-order valence-electron chi connectivity index (χ2n) is 3.39. The first-order chi connectivity index (χ1) is 7.11. The van der Waals surface area contributed by atoms with E-state index < -0.39 is 17.7 Å². The van der Waals surface area contributed by atoms with Gasteiger partial charge in [-0.1, -0.05) is 0 Å². The quantitative estimate of drug-likeness (QED) is 0.535. The number of aliphatic carboxylic acids is 1. The number of amides is 1. The number of carbonyl (C=O) groups is 3. The molecule has 0 unspecified atom stereocenters. The van der Waals surface area contributed by atoms with Crippen LogP contribution in [-0.4, -0.2) is 40.8 Å². The highest BCUT2D eigenvalue weighted by molar-refractivity contribution is 6.40. The molecule has 1 saturated heterocycles. The summed E-state index contributed by atoms with van der Waals surface area (Å²) in [7, 11) is 0. The molecule has 1 aliphatic rings. The number of rotatable bonds is 3. The standard InChI is InChI=1S/C10H13NO4/c12-8(4-5-9(13)14)10(15)11-6-2-1-3-7-11/h4-5H,1-3,6-7H2,(H,13,14)/b5-4+. The van der Waals surface area contributed by atoms with Gasteiger partial charge in [0, 0.05) is 19.2 Å². The maximum Gasteiger partial charge on any atom is 0.328 e. The van der Waals surface area contributed by atoms with E-state index in [4.69, 9.17) is 5.11 Å². The lowest BCUT2D eigenvalue weighted by Gasteiger charge is -2.25. The monoisotopic (exact) mass is 211 g/mol. The molecule has 1 rings (SSSR count). The van der Waals surface area contributed by atoms with Gasteiger partial charge in [-0.25, -0.2) is 4.79 Å². The van der Waals surface area contributed by atoms with Crippen molar-refractivity contribution in [3.8, 4) is 0 Å². The Kier molecular flexibility index (Phi) is 4.03. The summed E-state index contributed by atoms with van der Waals surface area (Å²) in [5, 5.41) is 8.29. The van der Waals surface area contributed by atoms with Crippen LogP contribution in [0.4, 0.5) is 0 Å². The molecule has 1 heterocycles. The molecule has 1 aliphatic heterocycles. The molecule has 0 saturated carbocycles. The number of ketones is 1. The van der Waals surface area contributed by atoms with Gasteiger partial charge in [-0.05, 0) is 25.3 Å². The lowest BCUT2D eigenvalue weighted by molar-refractivity contribution is -0.142. The van der Waals surface area contributed by atoms with Gasteiger partial charge < -0.3 is 10.0 Å². The minimum Gasteiger partial charge on any atom is -0.478 e. The van der Waals surface area contributed by atoms with Crippen molar-refractivity contribution in [1.82, 2.24) is 4.90 Å². The van der Waals surface area contributed by atoms with Crippen molar-refractivity contribution in [2.45, 2.75) is 19.3 Å². The smallest absolute Gasteiger partial charge is 0.328 e. The van der Waals surface area contributed by atoms with Crippen LogP contribution >= 0.6 is 0 Å². The fraction of sp³-hybridized carbons (Fsp3) is 0.500. The number of carboxylic acid groups (broad SMARTS) is 1. The first-order valence-electron chi connectivity index (χ1n) is 4.85. The maximum atomic E-state index is 11.4. The van der Waals surface area contributed by atoms with E-state index in [-0.39, 0.29) is 0 Å². The Morgan fingerprint density at radius 1 is 1.00 bits per heavy atom. The summed E-state index contributed by atoms with van der Waals surface area (Å²) >= 11 is 0. The fourth-order valence-electron chi connectivity index (χ4n) is 1.47. The number of hydrogen-bond acceptors (Lipinski definition) is 3. The maximum absolute atomic E-state index is 11.4. The molecule has 0 spiro atoms. The van der Waals surface area contributed by atoms with Crippen molar-refractivity contribution in [2.24, 2.45) is 0 Å². The van der Waals surface area contributed by atoms with E-state index in [0.29, 0.717) is 19.2 Å². The van der Waals surface area contributed by atoms with Crippen molar-refractivity contribution >= 4 is 17.7 Å². The van der Waals surface area contributed by atoms with Crippen molar-refractivity contribution < 1.29 is 19.5 Å². The molecule has 1 N–H and O–H groups in total. The van der Waals surface area contributed by atoms with Crippen LogP contribution < -0.4 is 0 Å². The topological polar surface area (TPSA) is 74.7 Å². The molecular formula is C10H13NO4. The van der Waals surface area contributed by atoms with Crippen LogP contribution in [0.15, 0.2) is 12.2 Å². The molecule has 0 aliphatic carbocycles. The third kappa shape index (κ3) is 3.53. The van der Waals surface area contributed by atoms with Gasteiger partial charge in [0.2, 0.25) is 5.78 Å². The van der Waals surface area contributed by atoms with Gasteiger partial charge in [-0.15, -0.1) is 0 Å². The highest BCUT2D eigenvalue weighted by atomic mass is 16.4. The molecular weight excluding hydrogens is 198 g/mol. The van der Waals surface area contributed by atoms with Crippen LogP contribution in [0.2, 0.25) is 0 Å². The van der Waals surface area contributed by atoms with Crippen molar-refractivity contribution in [3.05, 3.63) is 12.2 Å². The Morgan fingerprint density at radius 2 is 1.60 bits per heavy atom. The predicted octanol–water partition coefficient (Wildman–Crippen LogP) is 0.209. The van der Waals surface area contributed by atoms with E-state index in [9.17, 15) is 14.4 Å². The summed E-state index contributed by atoms with van der Waals surface area (Å²) < 4.78 is 0. The van der Waals surface area contributed by atoms with Crippen molar-refractivity contribution in [3.63, 3.8) is 0 Å². The summed E-state index contributed by atoms with van der Waals surface area (Å²) in [6.07, 6.45) is 4.37. The Bertz CT molecular complexity index is 303. The number of carboxylic acids is 1. The van der Waals surface area contributed by atoms with Gasteiger partial charge in [0.05, 0.1) is 0 Å². The van der Waals surface area contributed by atoms with Gasteiger partial charge in [-0.3, -0.25) is 9.59 Å². The van der Waals surface area contributed by atoms with Crippen LogP contribution in [0.5, 0.6) is 0 Å². The molecule has 0 aromatic rings. The summed E-state index contributed by atoms with van der Waals surface area (Å²) in [4.78, 5) is 34.3. The molecule has 1 amide bonds. The van der Waals surface area contributed by atoms with E-state index in [1.54, 1.807) is 0 Å². The first-order valence-corrected chi connectivity index (χ1v) is 4.85. The third-order valence-corrected chi connectivity index (χ3v) is 2.23. The molecule has 15 heavy (non-hydrogen) atoms. The predicted molar refractivity (Wildman–Crippen MR) is 52.2 cm³/mol. The molecule has 82 valence electrons. The number of nitrogens with zero attached hydrogens (tertiary/aromatic N) is 1. The van der Waals surface area contributed by atoms with E-state index in [1.165, 1.54) is 4.90 Å². The molecule has 5 heteroatoms. The van der Waals surface area contributed by atoms with Crippen LogP contribution in [0.25, 0.3) is 0 Å². The van der Waals surface area contributed by atoms with E-state index in [2.05, 4.69) is 0 Å². The number of piperidine rings is 1. The van der Waals surface area contributed by atoms with Crippen molar-refractivity contribution in [1.29, 1.82) is 0 Å². The zero-order valence-electron chi connectivity index (χ0n) is 8.31. The summed E-state index contributed by atoms with van der Waals surface area (Å²) in [6, 6.07) is 0. The minimum absolute atomic E-state index is 0.589. The van der Waals surface area contributed by atoms with E-state index in [1.807, 2.05) is 0 Å². The number of carbonyl (C=O) groups excluding carboxylic acids is 2. The molecule has 0 radical (unpaired) electrons.